The van der Waals surface area contributed by atoms with Crippen molar-refractivity contribution < 1.29 is 14.6 Å². The summed E-state index contributed by atoms with van der Waals surface area (Å²) in [7, 11) is 1.67. The molecule has 2 aliphatic heterocycles. The van der Waals surface area contributed by atoms with Gasteiger partial charge in [0.2, 0.25) is 0 Å². The minimum absolute atomic E-state index is 0.0399. The van der Waals surface area contributed by atoms with E-state index in [9.17, 15) is 5.11 Å². The second-order valence-corrected chi connectivity index (χ2v) is 6.77. The fourth-order valence-corrected chi connectivity index (χ4v) is 3.72. The van der Waals surface area contributed by atoms with E-state index in [1.807, 2.05) is 31.2 Å². The Balaban J connectivity index is 1.68. The van der Waals surface area contributed by atoms with Crippen molar-refractivity contribution >= 4 is 0 Å². The van der Waals surface area contributed by atoms with Crippen LogP contribution in [0.2, 0.25) is 0 Å². The van der Waals surface area contributed by atoms with Crippen LogP contribution in [0.25, 0.3) is 0 Å². The fourth-order valence-electron chi connectivity index (χ4n) is 3.72. The van der Waals surface area contributed by atoms with E-state index in [2.05, 4.69) is 4.90 Å². The van der Waals surface area contributed by atoms with E-state index < -0.39 is 5.60 Å². The van der Waals surface area contributed by atoms with Gasteiger partial charge in [0.05, 0.1) is 31.5 Å². The Kier molecular flexibility index (Phi) is 4.71. The molecule has 4 nitrogen and oxygen atoms in total. The number of hydrogen-bond donors (Lipinski definition) is 1. The van der Waals surface area contributed by atoms with E-state index in [1.165, 1.54) is 19.3 Å². The molecule has 0 spiro atoms. The largest absolute Gasteiger partial charge is 0.497 e. The van der Waals surface area contributed by atoms with Crippen LogP contribution < -0.4 is 4.74 Å². The molecule has 3 atom stereocenters. The lowest BCUT2D eigenvalue weighted by Gasteiger charge is -2.47. The van der Waals surface area contributed by atoms with Gasteiger partial charge in [0.1, 0.15) is 5.75 Å². The Morgan fingerprint density at radius 3 is 2.45 bits per heavy atom. The molecule has 0 amide bonds. The highest BCUT2D eigenvalue weighted by molar-refractivity contribution is 5.29. The summed E-state index contributed by atoms with van der Waals surface area (Å²) in [5.74, 6) is 0.845. The summed E-state index contributed by atoms with van der Waals surface area (Å²) in [6, 6.07) is 8.07. The molecule has 0 saturated carbocycles. The average Bonchev–Trinajstić information content (AvgIpc) is 2.55. The van der Waals surface area contributed by atoms with Crippen LogP contribution in [0.15, 0.2) is 24.3 Å². The Hall–Kier alpha value is -1.10. The van der Waals surface area contributed by atoms with Crippen LogP contribution in [-0.4, -0.2) is 48.5 Å². The van der Waals surface area contributed by atoms with Crippen molar-refractivity contribution in [1.82, 2.24) is 4.90 Å². The molecule has 2 fully saturated rings. The molecule has 2 heterocycles. The van der Waals surface area contributed by atoms with Gasteiger partial charge >= 0.3 is 0 Å². The molecule has 1 aromatic carbocycles. The number of aliphatic hydroxyl groups is 1. The summed E-state index contributed by atoms with van der Waals surface area (Å²) in [5, 5.41) is 11.0. The van der Waals surface area contributed by atoms with E-state index in [0.717, 1.165) is 24.4 Å². The van der Waals surface area contributed by atoms with Crippen LogP contribution >= 0.6 is 0 Å². The van der Waals surface area contributed by atoms with Gasteiger partial charge < -0.3 is 14.6 Å². The summed E-state index contributed by atoms with van der Waals surface area (Å²) in [4.78, 5) is 2.41. The molecule has 22 heavy (non-hydrogen) atoms. The minimum atomic E-state index is -0.708. The Bertz CT molecular complexity index is 480. The van der Waals surface area contributed by atoms with Crippen molar-refractivity contribution in [3.63, 3.8) is 0 Å². The molecular formula is C18H27NO3. The van der Waals surface area contributed by atoms with Crippen molar-refractivity contribution in [1.29, 1.82) is 0 Å². The number of hydrogen-bond acceptors (Lipinski definition) is 4. The van der Waals surface area contributed by atoms with Crippen molar-refractivity contribution in [3.05, 3.63) is 29.8 Å². The number of piperidine rings is 1. The topological polar surface area (TPSA) is 41.9 Å². The van der Waals surface area contributed by atoms with Gasteiger partial charge in [-0.3, -0.25) is 4.90 Å². The predicted molar refractivity (Wildman–Crippen MR) is 86.1 cm³/mol. The van der Waals surface area contributed by atoms with E-state index in [-0.39, 0.29) is 12.1 Å². The first-order valence-corrected chi connectivity index (χ1v) is 8.32. The highest BCUT2D eigenvalue weighted by Gasteiger charge is 2.43. The average molecular weight is 305 g/mol. The lowest BCUT2D eigenvalue weighted by molar-refractivity contribution is -0.153. The Labute approximate surface area is 133 Å². The van der Waals surface area contributed by atoms with E-state index in [1.54, 1.807) is 7.11 Å². The first-order valence-electron chi connectivity index (χ1n) is 8.32. The van der Waals surface area contributed by atoms with Crippen LogP contribution in [0.3, 0.4) is 0 Å². The highest BCUT2D eigenvalue weighted by atomic mass is 16.5. The summed E-state index contributed by atoms with van der Waals surface area (Å²) in [6.45, 7) is 4.73. The third-order valence-electron chi connectivity index (χ3n) is 5.09. The van der Waals surface area contributed by atoms with E-state index in [4.69, 9.17) is 9.47 Å². The SMILES string of the molecule is COc1ccc(C2CC(C)(O)C(N3CCCCC3)CO2)cc1. The Morgan fingerprint density at radius 1 is 1.18 bits per heavy atom. The normalized spacial score (nSPS) is 33.6. The molecule has 3 unspecified atom stereocenters. The number of likely N-dealkylation sites (tertiary alicyclic amines) is 1. The first-order chi connectivity index (χ1) is 10.6. The van der Waals surface area contributed by atoms with Gasteiger partial charge in [-0.2, -0.15) is 0 Å². The van der Waals surface area contributed by atoms with E-state index in [0.29, 0.717) is 13.0 Å². The standard InChI is InChI=1S/C18H27NO3/c1-18(20)12-16(14-6-8-15(21-2)9-7-14)22-13-17(18)19-10-4-3-5-11-19/h6-9,16-17,20H,3-5,10-13H2,1-2H3. The molecule has 1 aromatic rings. The third kappa shape index (κ3) is 3.29. The minimum Gasteiger partial charge on any atom is -0.497 e. The second kappa shape index (κ2) is 6.57. The van der Waals surface area contributed by atoms with Crippen LogP contribution in [0.4, 0.5) is 0 Å². The van der Waals surface area contributed by atoms with Gasteiger partial charge in [0.25, 0.3) is 0 Å². The van der Waals surface area contributed by atoms with E-state index >= 15 is 0 Å². The number of benzene rings is 1. The monoisotopic (exact) mass is 305 g/mol. The van der Waals surface area contributed by atoms with Crippen molar-refractivity contribution in [2.45, 2.75) is 50.4 Å². The van der Waals surface area contributed by atoms with Crippen LogP contribution in [0.5, 0.6) is 5.75 Å². The molecule has 2 saturated heterocycles. The molecule has 122 valence electrons. The summed E-state index contributed by atoms with van der Waals surface area (Å²) in [6.07, 6.45) is 4.37. The van der Waals surface area contributed by atoms with Gasteiger partial charge in [-0.05, 0) is 50.6 Å². The molecule has 1 N–H and O–H groups in total. The van der Waals surface area contributed by atoms with Crippen LogP contribution in [-0.2, 0) is 4.74 Å². The zero-order valence-electron chi connectivity index (χ0n) is 13.6. The number of methoxy groups -OCH3 is 1. The lowest BCUT2D eigenvalue weighted by atomic mass is 9.84. The van der Waals surface area contributed by atoms with Gasteiger partial charge in [0.15, 0.2) is 0 Å². The smallest absolute Gasteiger partial charge is 0.118 e. The number of ether oxygens (including phenoxy) is 2. The summed E-state index contributed by atoms with van der Waals surface area (Å²) >= 11 is 0. The van der Waals surface area contributed by atoms with Crippen molar-refractivity contribution in [2.24, 2.45) is 0 Å². The molecular weight excluding hydrogens is 278 g/mol. The third-order valence-corrected chi connectivity index (χ3v) is 5.09. The molecule has 0 bridgehead atoms. The first kappa shape index (κ1) is 15.8. The van der Waals surface area contributed by atoms with Gasteiger partial charge in [-0.1, -0.05) is 18.6 Å². The molecule has 3 rings (SSSR count). The van der Waals surface area contributed by atoms with Crippen LogP contribution in [0, 0.1) is 0 Å². The Morgan fingerprint density at radius 2 is 1.86 bits per heavy atom. The highest BCUT2D eigenvalue weighted by Crippen LogP contribution is 2.37. The molecule has 0 radical (unpaired) electrons. The molecule has 4 heteroatoms. The zero-order chi connectivity index (χ0) is 15.6. The lowest BCUT2D eigenvalue weighted by Crippen LogP contribution is -2.58. The van der Waals surface area contributed by atoms with Gasteiger partial charge in [-0.15, -0.1) is 0 Å². The summed E-state index contributed by atoms with van der Waals surface area (Å²) < 4.78 is 11.3. The molecule has 2 aliphatic rings. The van der Waals surface area contributed by atoms with Crippen molar-refractivity contribution in [2.75, 3.05) is 26.8 Å². The maximum atomic E-state index is 11.0. The van der Waals surface area contributed by atoms with Crippen LogP contribution in [0.1, 0.15) is 44.3 Å². The molecule has 0 aliphatic carbocycles. The second-order valence-electron chi connectivity index (χ2n) is 6.77. The maximum absolute atomic E-state index is 11.0. The van der Waals surface area contributed by atoms with Gasteiger partial charge in [-0.25, -0.2) is 0 Å². The van der Waals surface area contributed by atoms with Gasteiger partial charge in [0, 0.05) is 6.42 Å². The van der Waals surface area contributed by atoms with Crippen molar-refractivity contribution in [3.8, 4) is 5.75 Å². The zero-order valence-corrected chi connectivity index (χ0v) is 13.6. The number of nitrogens with zero attached hydrogens (tertiary/aromatic N) is 1. The summed E-state index contributed by atoms with van der Waals surface area (Å²) in [5.41, 5.74) is 0.401. The maximum Gasteiger partial charge on any atom is 0.118 e. The fraction of sp³-hybridized carbons (Fsp3) is 0.667. The molecule has 0 aromatic heterocycles. The predicted octanol–water partition coefficient (Wildman–Crippen LogP) is 2.76. The number of rotatable bonds is 3. The quantitative estimate of drug-likeness (QED) is 0.932.